The van der Waals surface area contributed by atoms with Crippen molar-refractivity contribution in [2.75, 3.05) is 16.8 Å². The van der Waals surface area contributed by atoms with Crippen molar-refractivity contribution in [2.45, 2.75) is 51.0 Å². The van der Waals surface area contributed by atoms with Crippen molar-refractivity contribution >= 4 is 23.4 Å². The Morgan fingerprint density at radius 2 is 1.85 bits per heavy atom. The number of urea groups is 1. The lowest BCUT2D eigenvalue weighted by Crippen LogP contribution is -2.39. The van der Waals surface area contributed by atoms with E-state index in [9.17, 15) is 4.79 Å². The molecule has 2 aromatic rings. The maximum Gasteiger partial charge on any atom is 0.320 e. The predicted octanol–water partition coefficient (Wildman–Crippen LogP) is 4.02. The number of aromatic nitrogens is 2. The van der Waals surface area contributed by atoms with Crippen LogP contribution in [0.1, 0.15) is 44.1 Å². The summed E-state index contributed by atoms with van der Waals surface area (Å²) < 4.78 is 0. The van der Waals surface area contributed by atoms with Crippen LogP contribution in [-0.4, -0.2) is 28.8 Å². The number of nitrogens with one attached hydrogen (secondary N) is 2. The van der Waals surface area contributed by atoms with E-state index in [1.54, 1.807) is 0 Å². The first kappa shape index (κ1) is 16.8. The van der Waals surface area contributed by atoms with Gasteiger partial charge in [0.2, 0.25) is 0 Å². The molecule has 0 radical (unpaired) electrons. The number of aryl methyl sites for hydroxylation is 1. The van der Waals surface area contributed by atoms with Crippen LogP contribution >= 0.6 is 0 Å². The number of nitrogens with zero attached hydrogens (tertiary/aromatic N) is 3. The number of hydrogen-bond donors (Lipinski definition) is 2. The molecule has 1 aliphatic heterocycles. The molecule has 6 heteroatoms. The van der Waals surface area contributed by atoms with Gasteiger partial charge in [0, 0.05) is 18.3 Å². The van der Waals surface area contributed by atoms with Crippen molar-refractivity contribution in [1.82, 2.24) is 15.5 Å². The maximum absolute atomic E-state index is 12.1. The van der Waals surface area contributed by atoms with E-state index in [2.05, 4.69) is 50.0 Å². The zero-order valence-electron chi connectivity index (χ0n) is 14.9. The van der Waals surface area contributed by atoms with E-state index in [4.69, 9.17) is 0 Å². The van der Waals surface area contributed by atoms with Crippen molar-refractivity contribution in [2.24, 2.45) is 0 Å². The van der Waals surface area contributed by atoms with Crippen molar-refractivity contribution in [3.05, 3.63) is 42.0 Å². The van der Waals surface area contributed by atoms with Crippen LogP contribution < -0.4 is 15.5 Å². The Morgan fingerprint density at radius 1 is 1.00 bits per heavy atom. The van der Waals surface area contributed by atoms with Crippen LogP contribution in [0.5, 0.6) is 0 Å². The minimum Gasteiger partial charge on any atom is -0.335 e. The Labute approximate surface area is 154 Å². The second-order valence-electron chi connectivity index (χ2n) is 7.09. The molecule has 1 fully saturated rings. The van der Waals surface area contributed by atoms with Crippen LogP contribution in [0, 0.1) is 0 Å². The van der Waals surface area contributed by atoms with E-state index in [1.165, 1.54) is 30.5 Å². The molecule has 2 amide bonds. The molecule has 0 saturated heterocycles. The fraction of sp³-hybridized carbons (Fsp3) is 0.450. The molecule has 26 heavy (non-hydrogen) atoms. The number of amides is 2. The molecule has 1 aromatic carbocycles. The molecular formula is C20H25N5O. The van der Waals surface area contributed by atoms with Gasteiger partial charge < -0.3 is 10.2 Å². The third-order valence-corrected chi connectivity index (χ3v) is 5.22. The number of benzene rings is 1. The third-order valence-electron chi connectivity index (χ3n) is 5.22. The molecule has 0 atom stereocenters. The van der Waals surface area contributed by atoms with Crippen LogP contribution in [0.25, 0.3) is 0 Å². The number of para-hydroxylation sites is 1. The molecule has 1 aliphatic carbocycles. The number of hydrogen-bond acceptors (Lipinski definition) is 4. The first-order chi connectivity index (χ1) is 12.8. The highest BCUT2D eigenvalue weighted by Crippen LogP contribution is 2.31. The zero-order valence-corrected chi connectivity index (χ0v) is 14.9. The van der Waals surface area contributed by atoms with Crippen LogP contribution in [0.4, 0.5) is 22.1 Å². The van der Waals surface area contributed by atoms with Gasteiger partial charge >= 0.3 is 6.03 Å². The third kappa shape index (κ3) is 3.79. The van der Waals surface area contributed by atoms with Crippen molar-refractivity contribution in [3.8, 4) is 0 Å². The van der Waals surface area contributed by atoms with Gasteiger partial charge in [0.25, 0.3) is 0 Å². The molecule has 2 heterocycles. The van der Waals surface area contributed by atoms with Gasteiger partial charge in [0.15, 0.2) is 11.6 Å². The lowest BCUT2D eigenvalue weighted by atomic mass is 9.96. The number of carbonyl (C=O) groups excluding carboxylic acids is 1. The summed E-state index contributed by atoms with van der Waals surface area (Å²) in [7, 11) is 0. The molecule has 1 aromatic heterocycles. The van der Waals surface area contributed by atoms with E-state index >= 15 is 0 Å². The first-order valence-electron chi connectivity index (χ1n) is 9.56. The predicted molar refractivity (Wildman–Crippen MR) is 103 cm³/mol. The van der Waals surface area contributed by atoms with Gasteiger partial charge in [-0.15, -0.1) is 10.2 Å². The van der Waals surface area contributed by atoms with Gasteiger partial charge in [0.05, 0.1) is 0 Å². The van der Waals surface area contributed by atoms with E-state index in [0.29, 0.717) is 5.82 Å². The topological polar surface area (TPSA) is 70.2 Å². The van der Waals surface area contributed by atoms with Crippen LogP contribution in [0.2, 0.25) is 0 Å². The fourth-order valence-electron chi connectivity index (χ4n) is 3.89. The Kier molecular flexibility index (Phi) is 5.00. The summed E-state index contributed by atoms with van der Waals surface area (Å²) in [6.45, 7) is 0.931. The summed E-state index contributed by atoms with van der Waals surface area (Å²) in [5, 5.41) is 14.4. The molecule has 0 spiro atoms. The summed E-state index contributed by atoms with van der Waals surface area (Å²) in [4.78, 5) is 14.3. The first-order valence-corrected chi connectivity index (χ1v) is 9.56. The zero-order chi connectivity index (χ0) is 17.8. The smallest absolute Gasteiger partial charge is 0.320 e. The second-order valence-corrected chi connectivity index (χ2v) is 7.09. The van der Waals surface area contributed by atoms with Gasteiger partial charge in [-0.25, -0.2) is 4.79 Å². The largest absolute Gasteiger partial charge is 0.335 e. The summed E-state index contributed by atoms with van der Waals surface area (Å²) in [6, 6.07) is 12.2. The molecule has 2 aliphatic rings. The molecule has 2 N–H and O–H groups in total. The fourth-order valence-corrected chi connectivity index (χ4v) is 3.89. The molecule has 1 saturated carbocycles. The van der Waals surface area contributed by atoms with E-state index in [-0.39, 0.29) is 12.1 Å². The minimum absolute atomic E-state index is 0.192. The van der Waals surface area contributed by atoms with Crippen molar-refractivity contribution in [3.63, 3.8) is 0 Å². The molecular weight excluding hydrogens is 326 g/mol. The molecule has 0 unspecified atom stereocenters. The number of anilines is 3. The van der Waals surface area contributed by atoms with E-state index in [0.717, 1.165) is 38.0 Å². The second kappa shape index (κ2) is 7.72. The van der Waals surface area contributed by atoms with E-state index < -0.39 is 0 Å². The Bertz CT molecular complexity index is 755. The summed E-state index contributed by atoms with van der Waals surface area (Å²) in [6.07, 6.45) is 7.97. The lowest BCUT2D eigenvalue weighted by molar-refractivity contribution is 0.244. The summed E-state index contributed by atoms with van der Waals surface area (Å²) in [5.74, 6) is 1.29. The van der Waals surface area contributed by atoms with Gasteiger partial charge in [0.1, 0.15) is 0 Å². The highest BCUT2D eigenvalue weighted by molar-refractivity contribution is 5.88. The van der Waals surface area contributed by atoms with Gasteiger partial charge in [-0.05, 0) is 49.4 Å². The number of fused-ring (bicyclic) bond motifs is 1. The molecule has 6 nitrogen and oxygen atoms in total. The molecule has 0 bridgehead atoms. The van der Waals surface area contributed by atoms with Gasteiger partial charge in [-0.3, -0.25) is 5.32 Å². The average molecular weight is 351 g/mol. The highest BCUT2D eigenvalue weighted by atomic mass is 16.2. The standard InChI is InChI=1S/C20H25N5O/c26-20(21-16-9-2-1-3-10-16)22-18-12-13-19(24-23-18)25-14-6-8-15-7-4-5-11-17(15)25/h4-5,7,11-13,16H,1-3,6,8-10,14H2,(H2,21,22,23,26). The summed E-state index contributed by atoms with van der Waals surface area (Å²) in [5.41, 5.74) is 2.54. The SMILES string of the molecule is O=C(Nc1ccc(N2CCCc3ccccc32)nn1)NC1CCCCC1. The quantitative estimate of drug-likeness (QED) is 0.876. The van der Waals surface area contributed by atoms with Crippen LogP contribution in [-0.2, 0) is 6.42 Å². The van der Waals surface area contributed by atoms with Gasteiger partial charge in [-0.1, -0.05) is 37.5 Å². The van der Waals surface area contributed by atoms with Crippen molar-refractivity contribution < 1.29 is 4.79 Å². The highest BCUT2D eigenvalue weighted by Gasteiger charge is 2.19. The monoisotopic (exact) mass is 351 g/mol. The van der Waals surface area contributed by atoms with Crippen LogP contribution in [0.3, 0.4) is 0 Å². The molecule has 136 valence electrons. The Morgan fingerprint density at radius 3 is 2.65 bits per heavy atom. The maximum atomic E-state index is 12.1. The van der Waals surface area contributed by atoms with E-state index in [1.807, 2.05) is 12.1 Å². The number of carbonyl (C=O) groups is 1. The lowest BCUT2D eigenvalue weighted by Gasteiger charge is -2.30. The average Bonchev–Trinajstić information content (AvgIpc) is 2.69. The minimum atomic E-state index is -0.192. The number of rotatable bonds is 3. The normalized spacial score (nSPS) is 17.5. The van der Waals surface area contributed by atoms with Gasteiger partial charge in [-0.2, -0.15) is 0 Å². The Balaban J connectivity index is 1.40. The summed E-state index contributed by atoms with van der Waals surface area (Å²) >= 11 is 0. The van der Waals surface area contributed by atoms with Crippen molar-refractivity contribution in [1.29, 1.82) is 0 Å². The van der Waals surface area contributed by atoms with Crippen LogP contribution in [0.15, 0.2) is 36.4 Å². The molecule has 4 rings (SSSR count). The Hall–Kier alpha value is -2.63.